The van der Waals surface area contributed by atoms with Gasteiger partial charge >= 0.3 is 5.97 Å². The highest BCUT2D eigenvalue weighted by molar-refractivity contribution is 9.10. The summed E-state index contributed by atoms with van der Waals surface area (Å²) in [4.78, 5) is 12.1. The Morgan fingerprint density at radius 1 is 1.33 bits per heavy atom. The number of rotatable bonds is 1. The molecule has 96 valence electrons. The second-order valence-corrected chi connectivity index (χ2v) is 6.23. The predicted octanol–water partition coefficient (Wildman–Crippen LogP) is 3.90. The summed E-state index contributed by atoms with van der Waals surface area (Å²) in [7, 11) is 1.92. The number of hydrogen-bond donors (Lipinski definition) is 0. The number of benzene rings is 1. The van der Waals surface area contributed by atoms with Crippen LogP contribution in [0.15, 0.2) is 28.9 Å². The average molecular weight is 310 g/mol. The maximum atomic E-state index is 12.1. The van der Waals surface area contributed by atoms with Crippen molar-refractivity contribution in [3.05, 3.63) is 34.4 Å². The van der Waals surface area contributed by atoms with Crippen LogP contribution >= 0.6 is 15.9 Å². The van der Waals surface area contributed by atoms with E-state index in [-0.39, 0.29) is 5.97 Å². The summed E-state index contributed by atoms with van der Waals surface area (Å²) in [6, 6.07) is 5.85. The SMILES string of the molecule is Cn1cc(C(=O)OC(C)(C)C)c2ccc(Br)cc21. The molecule has 0 saturated heterocycles. The van der Waals surface area contributed by atoms with Crippen molar-refractivity contribution in [1.82, 2.24) is 4.57 Å². The van der Waals surface area contributed by atoms with Crippen LogP contribution in [0.3, 0.4) is 0 Å². The van der Waals surface area contributed by atoms with E-state index in [4.69, 9.17) is 4.74 Å². The van der Waals surface area contributed by atoms with Gasteiger partial charge in [0.15, 0.2) is 0 Å². The van der Waals surface area contributed by atoms with E-state index in [0.29, 0.717) is 5.56 Å². The number of carbonyl (C=O) groups excluding carboxylic acids is 1. The van der Waals surface area contributed by atoms with Crippen LogP contribution in [-0.4, -0.2) is 16.1 Å². The predicted molar refractivity (Wildman–Crippen MR) is 75.8 cm³/mol. The Bertz CT molecular complexity index is 608. The molecule has 0 bridgehead atoms. The van der Waals surface area contributed by atoms with Gasteiger partial charge in [-0.15, -0.1) is 0 Å². The van der Waals surface area contributed by atoms with Crippen molar-refractivity contribution < 1.29 is 9.53 Å². The fraction of sp³-hybridized carbons (Fsp3) is 0.357. The lowest BCUT2D eigenvalue weighted by Crippen LogP contribution is -2.23. The largest absolute Gasteiger partial charge is 0.456 e. The first-order valence-corrected chi connectivity index (χ1v) is 6.55. The molecule has 0 N–H and O–H groups in total. The highest BCUT2D eigenvalue weighted by Gasteiger charge is 2.21. The van der Waals surface area contributed by atoms with Crippen molar-refractivity contribution in [3.63, 3.8) is 0 Å². The zero-order valence-corrected chi connectivity index (χ0v) is 12.5. The molecule has 0 aliphatic heterocycles. The van der Waals surface area contributed by atoms with Crippen molar-refractivity contribution in [2.75, 3.05) is 0 Å². The number of fused-ring (bicyclic) bond motifs is 1. The van der Waals surface area contributed by atoms with E-state index in [2.05, 4.69) is 15.9 Å². The van der Waals surface area contributed by atoms with Gasteiger partial charge in [0.2, 0.25) is 0 Å². The number of carbonyl (C=O) groups is 1. The van der Waals surface area contributed by atoms with Gasteiger partial charge in [-0.05, 0) is 32.9 Å². The molecule has 2 aromatic rings. The summed E-state index contributed by atoms with van der Waals surface area (Å²) >= 11 is 3.43. The third kappa shape index (κ3) is 2.58. The van der Waals surface area contributed by atoms with Crippen LogP contribution in [0.1, 0.15) is 31.1 Å². The Labute approximate surface area is 115 Å². The van der Waals surface area contributed by atoms with Crippen LogP contribution in [-0.2, 0) is 11.8 Å². The number of aryl methyl sites for hydroxylation is 1. The van der Waals surface area contributed by atoms with Crippen molar-refractivity contribution in [3.8, 4) is 0 Å². The van der Waals surface area contributed by atoms with Gasteiger partial charge in [-0.1, -0.05) is 22.0 Å². The van der Waals surface area contributed by atoms with E-state index in [1.165, 1.54) is 0 Å². The van der Waals surface area contributed by atoms with Crippen molar-refractivity contribution in [1.29, 1.82) is 0 Å². The van der Waals surface area contributed by atoms with E-state index >= 15 is 0 Å². The van der Waals surface area contributed by atoms with E-state index in [0.717, 1.165) is 15.4 Å². The Balaban J connectivity index is 2.49. The topological polar surface area (TPSA) is 31.2 Å². The minimum absolute atomic E-state index is 0.282. The normalized spacial score (nSPS) is 11.8. The zero-order valence-electron chi connectivity index (χ0n) is 11.0. The Morgan fingerprint density at radius 3 is 2.61 bits per heavy atom. The number of halogens is 1. The fourth-order valence-corrected chi connectivity index (χ4v) is 2.20. The molecule has 0 radical (unpaired) electrons. The quantitative estimate of drug-likeness (QED) is 0.748. The molecule has 2 rings (SSSR count). The molecule has 1 heterocycles. The number of esters is 1. The first kappa shape index (κ1) is 13.1. The summed E-state index contributed by atoms with van der Waals surface area (Å²) in [5, 5.41) is 0.912. The summed E-state index contributed by atoms with van der Waals surface area (Å²) < 4.78 is 8.33. The standard InChI is InChI=1S/C14H16BrNO2/c1-14(2,3)18-13(17)11-8-16(4)12-7-9(15)5-6-10(11)12/h5-8H,1-4H3. The molecular weight excluding hydrogens is 294 g/mol. The number of nitrogens with zero attached hydrogens (tertiary/aromatic N) is 1. The summed E-state index contributed by atoms with van der Waals surface area (Å²) in [6.07, 6.45) is 1.81. The van der Waals surface area contributed by atoms with Gasteiger partial charge < -0.3 is 9.30 Å². The third-order valence-corrected chi connectivity index (χ3v) is 3.06. The number of hydrogen-bond acceptors (Lipinski definition) is 2. The van der Waals surface area contributed by atoms with E-state index in [1.807, 2.05) is 56.8 Å². The fourth-order valence-electron chi connectivity index (χ4n) is 1.85. The lowest BCUT2D eigenvalue weighted by Gasteiger charge is -2.19. The van der Waals surface area contributed by atoms with E-state index in [9.17, 15) is 4.79 Å². The molecular formula is C14H16BrNO2. The molecule has 0 atom stereocenters. The maximum Gasteiger partial charge on any atom is 0.340 e. The second kappa shape index (κ2) is 4.43. The molecule has 0 fully saturated rings. The molecule has 3 nitrogen and oxygen atoms in total. The molecule has 1 aromatic heterocycles. The minimum atomic E-state index is -0.478. The average Bonchev–Trinajstić information content (AvgIpc) is 2.54. The van der Waals surface area contributed by atoms with Crippen LogP contribution in [0.5, 0.6) is 0 Å². The van der Waals surface area contributed by atoms with Crippen LogP contribution in [0.2, 0.25) is 0 Å². The number of aromatic nitrogens is 1. The first-order valence-electron chi connectivity index (χ1n) is 5.76. The second-order valence-electron chi connectivity index (χ2n) is 5.32. The molecule has 0 spiro atoms. The highest BCUT2D eigenvalue weighted by atomic mass is 79.9. The molecule has 4 heteroatoms. The lowest BCUT2D eigenvalue weighted by molar-refractivity contribution is 0.00717. The van der Waals surface area contributed by atoms with E-state index in [1.54, 1.807) is 0 Å². The molecule has 0 saturated carbocycles. The number of ether oxygens (including phenoxy) is 1. The highest BCUT2D eigenvalue weighted by Crippen LogP contribution is 2.26. The summed E-state index contributed by atoms with van der Waals surface area (Å²) in [5.41, 5.74) is 1.13. The van der Waals surface area contributed by atoms with Crippen molar-refractivity contribution in [2.24, 2.45) is 7.05 Å². The van der Waals surface area contributed by atoms with Gasteiger partial charge in [0.1, 0.15) is 5.60 Å². The molecule has 0 unspecified atom stereocenters. The van der Waals surface area contributed by atoms with Crippen LogP contribution < -0.4 is 0 Å². The first-order chi connectivity index (χ1) is 8.28. The Morgan fingerprint density at radius 2 is 2.00 bits per heavy atom. The van der Waals surface area contributed by atoms with Crippen LogP contribution in [0, 0.1) is 0 Å². The Hall–Kier alpha value is -1.29. The van der Waals surface area contributed by atoms with Gasteiger partial charge in [0.05, 0.1) is 5.56 Å². The molecule has 0 aliphatic rings. The van der Waals surface area contributed by atoms with Gasteiger partial charge in [-0.25, -0.2) is 4.79 Å². The van der Waals surface area contributed by atoms with Gasteiger partial charge in [0.25, 0.3) is 0 Å². The van der Waals surface area contributed by atoms with Gasteiger partial charge in [-0.2, -0.15) is 0 Å². The van der Waals surface area contributed by atoms with Crippen molar-refractivity contribution >= 4 is 32.8 Å². The van der Waals surface area contributed by atoms with Crippen molar-refractivity contribution in [2.45, 2.75) is 26.4 Å². The monoisotopic (exact) mass is 309 g/mol. The maximum absolute atomic E-state index is 12.1. The van der Waals surface area contributed by atoms with Crippen LogP contribution in [0.4, 0.5) is 0 Å². The minimum Gasteiger partial charge on any atom is -0.456 e. The Kier molecular flexibility index (Phi) is 3.23. The molecule has 0 amide bonds. The summed E-state index contributed by atoms with van der Waals surface area (Å²) in [5.74, 6) is -0.282. The lowest BCUT2D eigenvalue weighted by atomic mass is 10.1. The van der Waals surface area contributed by atoms with Crippen LogP contribution in [0.25, 0.3) is 10.9 Å². The third-order valence-electron chi connectivity index (χ3n) is 2.57. The molecule has 0 aliphatic carbocycles. The zero-order chi connectivity index (χ0) is 13.5. The van der Waals surface area contributed by atoms with Gasteiger partial charge in [-0.3, -0.25) is 0 Å². The molecule has 18 heavy (non-hydrogen) atoms. The van der Waals surface area contributed by atoms with E-state index < -0.39 is 5.60 Å². The molecule has 1 aromatic carbocycles. The summed E-state index contributed by atoms with van der Waals surface area (Å²) in [6.45, 7) is 5.60. The van der Waals surface area contributed by atoms with Gasteiger partial charge in [0, 0.05) is 28.6 Å². The smallest absolute Gasteiger partial charge is 0.340 e.